The molecule has 1 aliphatic rings. The Labute approximate surface area is 85.5 Å². The third-order valence-electron chi connectivity index (χ3n) is 2.57. The van der Waals surface area contributed by atoms with Gasteiger partial charge in [-0.3, -0.25) is 0 Å². The Morgan fingerprint density at radius 1 is 1.50 bits per heavy atom. The number of nitrogen functional groups attached to an aromatic ring is 1. The molecule has 72 valence electrons. The van der Waals surface area contributed by atoms with Crippen LogP contribution in [0.15, 0.2) is 11.4 Å². The molecule has 0 amide bonds. The van der Waals surface area contributed by atoms with Crippen LogP contribution >= 0.6 is 11.3 Å². The number of anilines is 1. The topological polar surface area (TPSA) is 48.1 Å². The van der Waals surface area contributed by atoms with E-state index in [0.717, 1.165) is 40.2 Å². The van der Waals surface area contributed by atoms with Gasteiger partial charge in [0.2, 0.25) is 0 Å². The summed E-state index contributed by atoms with van der Waals surface area (Å²) in [6, 6.07) is 2.03. The molecule has 0 radical (unpaired) electrons. The van der Waals surface area contributed by atoms with Gasteiger partial charge in [-0.15, -0.1) is 11.3 Å². The first-order valence-electron chi connectivity index (χ1n) is 4.58. The predicted molar refractivity (Wildman–Crippen MR) is 57.4 cm³/mol. The van der Waals surface area contributed by atoms with E-state index in [4.69, 9.17) is 10.5 Å². The van der Waals surface area contributed by atoms with Crippen LogP contribution < -0.4 is 5.73 Å². The van der Waals surface area contributed by atoms with Crippen LogP contribution in [0.3, 0.4) is 0 Å². The normalized spacial score (nSPS) is 15.7. The third-order valence-corrected chi connectivity index (χ3v) is 3.38. The molecule has 0 spiro atoms. The van der Waals surface area contributed by atoms with Crippen LogP contribution in [-0.2, 0) is 17.8 Å². The van der Waals surface area contributed by atoms with Gasteiger partial charge in [-0.25, -0.2) is 4.98 Å². The summed E-state index contributed by atoms with van der Waals surface area (Å²) in [4.78, 5) is 5.64. The molecule has 3 rings (SSSR count). The van der Waals surface area contributed by atoms with Crippen molar-refractivity contribution >= 4 is 27.2 Å². The summed E-state index contributed by atoms with van der Waals surface area (Å²) in [6.07, 6.45) is 0.882. The summed E-state index contributed by atoms with van der Waals surface area (Å²) in [6.45, 7) is 1.37. The number of rotatable bonds is 0. The van der Waals surface area contributed by atoms with Gasteiger partial charge in [-0.2, -0.15) is 0 Å². The molecular weight excluding hydrogens is 196 g/mol. The Morgan fingerprint density at radius 3 is 3.36 bits per heavy atom. The number of pyridine rings is 1. The Hall–Kier alpha value is -1.13. The van der Waals surface area contributed by atoms with E-state index < -0.39 is 0 Å². The number of thiophene rings is 1. The molecule has 0 aromatic carbocycles. The maximum atomic E-state index is 6.07. The molecule has 2 aromatic rings. The molecule has 0 unspecified atom stereocenters. The Balaban J connectivity index is 2.36. The Kier molecular flexibility index (Phi) is 1.72. The van der Waals surface area contributed by atoms with Crippen molar-refractivity contribution in [3.63, 3.8) is 0 Å². The maximum absolute atomic E-state index is 6.07. The highest BCUT2D eigenvalue weighted by Crippen LogP contribution is 2.31. The molecule has 0 bridgehead atoms. The molecule has 2 aromatic heterocycles. The highest BCUT2D eigenvalue weighted by molar-refractivity contribution is 7.16. The van der Waals surface area contributed by atoms with Gasteiger partial charge in [0.25, 0.3) is 0 Å². The van der Waals surface area contributed by atoms with Crippen molar-refractivity contribution in [1.29, 1.82) is 0 Å². The van der Waals surface area contributed by atoms with Crippen LogP contribution in [0.5, 0.6) is 0 Å². The minimum absolute atomic E-state index is 0.611. The summed E-state index contributed by atoms with van der Waals surface area (Å²) in [7, 11) is 0. The number of nitrogens with two attached hydrogens (primary N) is 1. The number of hydrogen-bond donors (Lipinski definition) is 1. The lowest BCUT2D eigenvalue weighted by Gasteiger charge is -2.17. The Bertz CT molecular complexity index is 492. The smallest absolute Gasteiger partial charge is 0.125 e. The van der Waals surface area contributed by atoms with Crippen LogP contribution in [0.1, 0.15) is 11.3 Å². The van der Waals surface area contributed by atoms with Gasteiger partial charge >= 0.3 is 0 Å². The van der Waals surface area contributed by atoms with Crippen molar-refractivity contribution in [2.75, 3.05) is 12.3 Å². The highest BCUT2D eigenvalue weighted by atomic mass is 32.1. The minimum atomic E-state index is 0.611. The van der Waals surface area contributed by atoms with Gasteiger partial charge < -0.3 is 10.5 Å². The van der Waals surface area contributed by atoms with Crippen molar-refractivity contribution in [2.24, 2.45) is 0 Å². The van der Waals surface area contributed by atoms with Gasteiger partial charge in [-0.05, 0) is 11.4 Å². The van der Waals surface area contributed by atoms with E-state index >= 15 is 0 Å². The molecule has 0 atom stereocenters. The van der Waals surface area contributed by atoms with Gasteiger partial charge in [0.15, 0.2) is 0 Å². The molecule has 1 aliphatic heterocycles. The largest absolute Gasteiger partial charge is 0.398 e. The van der Waals surface area contributed by atoms with Crippen LogP contribution in [0.25, 0.3) is 10.2 Å². The second-order valence-corrected chi connectivity index (χ2v) is 4.29. The quantitative estimate of drug-likeness (QED) is 0.716. The van der Waals surface area contributed by atoms with Crippen molar-refractivity contribution in [3.8, 4) is 0 Å². The number of ether oxygens (including phenoxy) is 1. The molecular formula is C10H10N2OS. The number of fused-ring (bicyclic) bond motifs is 2. The van der Waals surface area contributed by atoms with Crippen molar-refractivity contribution < 1.29 is 4.74 Å². The second kappa shape index (κ2) is 2.93. The fourth-order valence-electron chi connectivity index (χ4n) is 1.81. The first-order valence-corrected chi connectivity index (χ1v) is 5.46. The van der Waals surface area contributed by atoms with Gasteiger partial charge in [-0.1, -0.05) is 0 Å². The lowest BCUT2D eigenvalue weighted by atomic mass is 10.1. The van der Waals surface area contributed by atoms with E-state index in [2.05, 4.69) is 4.98 Å². The minimum Gasteiger partial charge on any atom is -0.398 e. The highest BCUT2D eigenvalue weighted by Gasteiger charge is 2.16. The van der Waals surface area contributed by atoms with Crippen LogP contribution in [0.4, 0.5) is 5.69 Å². The number of aromatic nitrogens is 1. The van der Waals surface area contributed by atoms with E-state index in [1.165, 1.54) is 0 Å². The van der Waals surface area contributed by atoms with Crippen molar-refractivity contribution in [3.05, 3.63) is 22.7 Å². The molecule has 0 fully saturated rings. The van der Waals surface area contributed by atoms with Gasteiger partial charge in [0.1, 0.15) is 4.83 Å². The molecule has 14 heavy (non-hydrogen) atoms. The van der Waals surface area contributed by atoms with Crippen molar-refractivity contribution in [1.82, 2.24) is 4.98 Å². The molecule has 0 saturated heterocycles. The van der Waals surface area contributed by atoms with Gasteiger partial charge in [0, 0.05) is 23.1 Å². The zero-order valence-corrected chi connectivity index (χ0v) is 8.43. The molecule has 0 aliphatic carbocycles. The average Bonchev–Trinajstić information content (AvgIpc) is 2.66. The second-order valence-electron chi connectivity index (χ2n) is 3.39. The van der Waals surface area contributed by atoms with E-state index in [0.29, 0.717) is 6.61 Å². The summed E-state index contributed by atoms with van der Waals surface area (Å²) >= 11 is 1.64. The van der Waals surface area contributed by atoms with E-state index in [1.54, 1.807) is 11.3 Å². The fraction of sp³-hybridized carbons (Fsp3) is 0.300. The molecule has 4 heteroatoms. The molecule has 2 N–H and O–H groups in total. The van der Waals surface area contributed by atoms with E-state index in [1.807, 2.05) is 11.4 Å². The van der Waals surface area contributed by atoms with Gasteiger partial charge in [0.05, 0.1) is 18.9 Å². The molecule has 3 nitrogen and oxygen atoms in total. The summed E-state index contributed by atoms with van der Waals surface area (Å²) in [5.74, 6) is 0. The monoisotopic (exact) mass is 206 g/mol. The first-order chi connectivity index (χ1) is 6.86. The van der Waals surface area contributed by atoms with Crippen molar-refractivity contribution in [2.45, 2.75) is 13.0 Å². The van der Waals surface area contributed by atoms with Crippen LogP contribution in [0.2, 0.25) is 0 Å². The summed E-state index contributed by atoms with van der Waals surface area (Å²) in [5, 5.41) is 3.10. The fourth-order valence-corrected chi connectivity index (χ4v) is 2.61. The SMILES string of the molecule is Nc1c2c(nc3sccc13)CCOC2. The zero-order chi connectivity index (χ0) is 9.54. The lowest BCUT2D eigenvalue weighted by molar-refractivity contribution is 0.110. The van der Waals surface area contributed by atoms with E-state index in [9.17, 15) is 0 Å². The van der Waals surface area contributed by atoms with Crippen LogP contribution in [-0.4, -0.2) is 11.6 Å². The Morgan fingerprint density at radius 2 is 2.43 bits per heavy atom. The summed E-state index contributed by atoms with van der Waals surface area (Å²) in [5.41, 5.74) is 9.12. The number of hydrogen-bond acceptors (Lipinski definition) is 4. The summed E-state index contributed by atoms with van der Waals surface area (Å²) < 4.78 is 5.39. The molecule has 3 heterocycles. The first kappa shape index (κ1) is 8.20. The lowest BCUT2D eigenvalue weighted by Crippen LogP contribution is -2.13. The predicted octanol–water partition coefficient (Wildman–Crippen LogP) is 1.95. The standard InChI is InChI=1S/C10H10N2OS/c11-9-6-2-4-14-10(6)12-8-1-3-13-5-7(8)9/h2,4H,1,3,5H2,(H2,11,12). The maximum Gasteiger partial charge on any atom is 0.125 e. The molecule has 0 saturated carbocycles. The average molecular weight is 206 g/mol. The zero-order valence-electron chi connectivity index (χ0n) is 7.62. The third kappa shape index (κ3) is 1.04. The number of nitrogens with zero attached hydrogens (tertiary/aromatic N) is 1. The van der Waals surface area contributed by atoms with Crippen LogP contribution in [0, 0.1) is 0 Å². The van der Waals surface area contributed by atoms with E-state index in [-0.39, 0.29) is 0 Å².